The van der Waals surface area contributed by atoms with E-state index in [-0.39, 0.29) is 0 Å². The maximum atomic E-state index is 11.7. The van der Waals surface area contributed by atoms with Crippen LogP contribution in [-0.2, 0) is 4.79 Å². The van der Waals surface area contributed by atoms with Gasteiger partial charge in [0.2, 0.25) is 0 Å². The lowest BCUT2D eigenvalue weighted by Gasteiger charge is -2.17. The standard InChI is InChI=1S/C14H20N2O4/c1-8(2)10-5-4-6-11(7-10)15-14(20)16-12(9(3)17)13(18)19/h4-9,12,17H,1-3H3,(H,18,19)(H2,15,16,20)/t9-,12+/m1/s1. The van der Waals surface area contributed by atoms with Gasteiger partial charge in [0.25, 0.3) is 0 Å². The highest BCUT2D eigenvalue weighted by Crippen LogP contribution is 2.18. The number of carbonyl (C=O) groups excluding carboxylic acids is 1. The van der Waals surface area contributed by atoms with Crippen LogP contribution in [0.2, 0.25) is 0 Å². The zero-order chi connectivity index (χ0) is 15.3. The fourth-order valence-electron chi connectivity index (χ4n) is 1.67. The Kier molecular flexibility index (Phi) is 5.52. The van der Waals surface area contributed by atoms with Crippen molar-refractivity contribution in [1.29, 1.82) is 0 Å². The van der Waals surface area contributed by atoms with Crippen molar-refractivity contribution in [3.05, 3.63) is 29.8 Å². The molecule has 0 unspecified atom stereocenters. The van der Waals surface area contributed by atoms with Crippen molar-refractivity contribution in [2.24, 2.45) is 0 Å². The van der Waals surface area contributed by atoms with Crippen molar-refractivity contribution in [3.8, 4) is 0 Å². The molecule has 0 saturated carbocycles. The zero-order valence-electron chi connectivity index (χ0n) is 11.8. The molecule has 4 N–H and O–H groups in total. The number of aliphatic hydroxyl groups excluding tert-OH is 1. The monoisotopic (exact) mass is 280 g/mol. The number of rotatable bonds is 5. The molecule has 0 heterocycles. The second kappa shape index (κ2) is 6.91. The van der Waals surface area contributed by atoms with Gasteiger partial charge in [-0.3, -0.25) is 0 Å². The number of nitrogens with one attached hydrogen (secondary N) is 2. The molecule has 110 valence electrons. The third-order valence-electron chi connectivity index (χ3n) is 2.85. The molecule has 6 heteroatoms. The summed E-state index contributed by atoms with van der Waals surface area (Å²) in [4.78, 5) is 22.6. The smallest absolute Gasteiger partial charge is 0.328 e. The minimum absolute atomic E-state index is 0.323. The lowest BCUT2D eigenvalue weighted by Crippen LogP contribution is -2.49. The van der Waals surface area contributed by atoms with E-state index in [9.17, 15) is 14.7 Å². The fourth-order valence-corrected chi connectivity index (χ4v) is 1.67. The molecule has 0 aliphatic carbocycles. The first-order valence-corrected chi connectivity index (χ1v) is 6.39. The topological polar surface area (TPSA) is 98.7 Å². The molecule has 20 heavy (non-hydrogen) atoms. The first kappa shape index (κ1) is 16.0. The number of amides is 2. The second-order valence-corrected chi connectivity index (χ2v) is 4.94. The summed E-state index contributed by atoms with van der Waals surface area (Å²) in [7, 11) is 0. The number of aliphatic carboxylic acids is 1. The van der Waals surface area contributed by atoms with Crippen molar-refractivity contribution in [2.75, 3.05) is 5.32 Å². The van der Waals surface area contributed by atoms with E-state index in [0.717, 1.165) is 5.56 Å². The zero-order valence-corrected chi connectivity index (χ0v) is 11.8. The van der Waals surface area contributed by atoms with E-state index in [1.807, 2.05) is 32.0 Å². The first-order valence-electron chi connectivity index (χ1n) is 6.39. The van der Waals surface area contributed by atoms with Gasteiger partial charge in [-0.15, -0.1) is 0 Å². The fraction of sp³-hybridized carbons (Fsp3) is 0.429. The summed E-state index contributed by atoms with van der Waals surface area (Å²) in [5, 5.41) is 22.9. The number of urea groups is 1. The number of hydrogen-bond acceptors (Lipinski definition) is 3. The number of aliphatic hydroxyl groups is 1. The van der Waals surface area contributed by atoms with Crippen molar-refractivity contribution >= 4 is 17.7 Å². The molecule has 2 amide bonds. The normalized spacial score (nSPS) is 13.7. The SMILES string of the molecule is CC(C)c1cccc(NC(=O)N[C@H](C(=O)O)[C@@H](C)O)c1. The molecule has 0 bridgehead atoms. The molecule has 0 spiro atoms. The average Bonchev–Trinajstić information content (AvgIpc) is 2.35. The molecule has 1 aromatic carbocycles. The molecule has 0 fully saturated rings. The second-order valence-electron chi connectivity index (χ2n) is 4.94. The molecule has 1 aromatic rings. The predicted molar refractivity (Wildman–Crippen MR) is 75.8 cm³/mol. The minimum Gasteiger partial charge on any atom is -0.480 e. The van der Waals surface area contributed by atoms with E-state index in [1.165, 1.54) is 6.92 Å². The van der Waals surface area contributed by atoms with Gasteiger partial charge in [0.15, 0.2) is 6.04 Å². The summed E-state index contributed by atoms with van der Waals surface area (Å²) in [5.41, 5.74) is 1.64. The Balaban J connectivity index is 2.71. The lowest BCUT2D eigenvalue weighted by molar-refractivity contribution is -0.141. The molecule has 6 nitrogen and oxygen atoms in total. The van der Waals surface area contributed by atoms with Gasteiger partial charge >= 0.3 is 12.0 Å². The predicted octanol–water partition coefficient (Wildman–Crippen LogP) is 1.77. The molecule has 0 aliphatic rings. The third-order valence-corrected chi connectivity index (χ3v) is 2.85. The summed E-state index contributed by atoms with van der Waals surface area (Å²) in [6.07, 6.45) is -1.18. The van der Waals surface area contributed by atoms with Crippen LogP contribution in [0.5, 0.6) is 0 Å². The van der Waals surface area contributed by atoms with Crippen molar-refractivity contribution in [1.82, 2.24) is 5.32 Å². The van der Waals surface area contributed by atoms with Gasteiger partial charge in [0.1, 0.15) is 0 Å². The molecule has 0 aliphatic heterocycles. The maximum absolute atomic E-state index is 11.7. The largest absolute Gasteiger partial charge is 0.480 e. The third kappa shape index (κ3) is 4.55. The molecular formula is C14H20N2O4. The van der Waals surface area contributed by atoms with Gasteiger partial charge in [-0.1, -0.05) is 26.0 Å². The van der Waals surface area contributed by atoms with Crippen LogP contribution in [0.3, 0.4) is 0 Å². The molecule has 2 atom stereocenters. The quantitative estimate of drug-likeness (QED) is 0.660. The Labute approximate surface area is 117 Å². The van der Waals surface area contributed by atoms with E-state index in [2.05, 4.69) is 10.6 Å². The number of hydrogen-bond donors (Lipinski definition) is 4. The Bertz CT molecular complexity index is 486. The number of carbonyl (C=O) groups is 2. The van der Waals surface area contributed by atoms with Crippen LogP contribution in [0, 0.1) is 0 Å². The summed E-state index contributed by atoms with van der Waals surface area (Å²) in [6.45, 7) is 5.37. The highest BCUT2D eigenvalue weighted by atomic mass is 16.4. The van der Waals surface area contributed by atoms with E-state index < -0.39 is 24.1 Å². The maximum Gasteiger partial charge on any atom is 0.328 e. The van der Waals surface area contributed by atoms with Gasteiger partial charge in [-0.2, -0.15) is 0 Å². The number of benzene rings is 1. The summed E-state index contributed by atoms with van der Waals surface area (Å²) in [6, 6.07) is 5.28. The van der Waals surface area contributed by atoms with Gasteiger partial charge in [-0.05, 0) is 30.5 Å². The summed E-state index contributed by atoms with van der Waals surface area (Å²) >= 11 is 0. The van der Waals surface area contributed by atoms with E-state index in [4.69, 9.17) is 5.11 Å². The van der Waals surface area contributed by atoms with Crippen molar-refractivity contribution in [3.63, 3.8) is 0 Å². The molecular weight excluding hydrogens is 260 g/mol. The van der Waals surface area contributed by atoms with Crippen LogP contribution < -0.4 is 10.6 Å². The Morgan fingerprint density at radius 1 is 1.20 bits per heavy atom. The molecule has 1 rings (SSSR count). The van der Waals surface area contributed by atoms with Crippen LogP contribution >= 0.6 is 0 Å². The van der Waals surface area contributed by atoms with Crippen LogP contribution in [0.25, 0.3) is 0 Å². The van der Waals surface area contributed by atoms with Crippen molar-refractivity contribution in [2.45, 2.75) is 38.8 Å². The highest BCUT2D eigenvalue weighted by Gasteiger charge is 2.24. The molecule has 0 radical (unpaired) electrons. The highest BCUT2D eigenvalue weighted by molar-refractivity contribution is 5.92. The lowest BCUT2D eigenvalue weighted by atomic mass is 10.0. The molecule has 0 saturated heterocycles. The van der Waals surface area contributed by atoms with Gasteiger partial charge < -0.3 is 20.8 Å². The number of anilines is 1. The van der Waals surface area contributed by atoms with Crippen LogP contribution in [-0.4, -0.2) is 34.4 Å². The first-order chi connectivity index (χ1) is 9.31. The van der Waals surface area contributed by atoms with Crippen LogP contribution in [0.4, 0.5) is 10.5 Å². The number of carboxylic acid groups (broad SMARTS) is 1. The van der Waals surface area contributed by atoms with E-state index >= 15 is 0 Å². The Morgan fingerprint density at radius 2 is 1.85 bits per heavy atom. The van der Waals surface area contributed by atoms with Crippen LogP contribution in [0.1, 0.15) is 32.3 Å². The van der Waals surface area contributed by atoms with Gasteiger partial charge in [-0.25, -0.2) is 9.59 Å². The summed E-state index contributed by atoms with van der Waals surface area (Å²) in [5.74, 6) is -0.963. The Hall–Kier alpha value is -2.08. The van der Waals surface area contributed by atoms with Gasteiger partial charge in [0, 0.05) is 5.69 Å². The van der Waals surface area contributed by atoms with E-state index in [0.29, 0.717) is 11.6 Å². The average molecular weight is 280 g/mol. The van der Waals surface area contributed by atoms with E-state index in [1.54, 1.807) is 6.07 Å². The number of carboxylic acids is 1. The Morgan fingerprint density at radius 3 is 2.35 bits per heavy atom. The minimum atomic E-state index is -1.34. The summed E-state index contributed by atoms with van der Waals surface area (Å²) < 4.78 is 0. The molecule has 0 aromatic heterocycles. The van der Waals surface area contributed by atoms with Crippen LogP contribution in [0.15, 0.2) is 24.3 Å². The van der Waals surface area contributed by atoms with Crippen molar-refractivity contribution < 1.29 is 19.8 Å². The van der Waals surface area contributed by atoms with Gasteiger partial charge in [0.05, 0.1) is 6.10 Å².